The van der Waals surface area contributed by atoms with E-state index in [1.165, 1.54) is 0 Å². The molecule has 0 aliphatic rings. The molecule has 0 saturated heterocycles. The summed E-state index contributed by atoms with van der Waals surface area (Å²) in [6, 6.07) is 0. The van der Waals surface area contributed by atoms with Gasteiger partial charge in [0.2, 0.25) is 0 Å². The van der Waals surface area contributed by atoms with E-state index in [0.29, 0.717) is 18.6 Å². The minimum atomic E-state index is -0.899. The highest BCUT2D eigenvalue weighted by Crippen LogP contribution is 2.18. The zero-order chi connectivity index (χ0) is 8.91. The summed E-state index contributed by atoms with van der Waals surface area (Å²) >= 11 is 0. The molecule has 3 nitrogen and oxygen atoms in total. The Bertz CT molecular complexity index is 145. The summed E-state index contributed by atoms with van der Waals surface area (Å²) in [6.45, 7) is 5.51. The molecule has 0 rings (SSSR count). The Kier molecular flexibility index (Phi) is 4.11. The first-order valence-corrected chi connectivity index (χ1v) is 4.02. The molecule has 0 aromatic heterocycles. The Morgan fingerprint density at radius 1 is 1.45 bits per heavy atom. The van der Waals surface area contributed by atoms with E-state index in [-0.39, 0.29) is 0 Å². The second kappa shape index (κ2) is 4.34. The molecule has 0 aromatic rings. The topological polar surface area (TPSA) is 52.8 Å². The summed E-state index contributed by atoms with van der Waals surface area (Å²) in [5, 5.41) is 21.3. The van der Waals surface area contributed by atoms with Gasteiger partial charge in [0, 0.05) is 0 Å². The van der Waals surface area contributed by atoms with E-state index in [0.717, 1.165) is 6.42 Å². The maximum Gasteiger partial charge on any atom is 0.105 e. The summed E-state index contributed by atoms with van der Waals surface area (Å²) in [5.74, 6) is 0. The molecular weight excluding hydrogens is 142 g/mol. The van der Waals surface area contributed by atoms with E-state index in [2.05, 4.69) is 5.16 Å². The molecule has 0 amide bonds. The minimum absolute atomic E-state index is 0.404. The number of nitrogens with zero attached hydrogens (tertiary/aromatic N) is 1. The van der Waals surface area contributed by atoms with E-state index in [4.69, 9.17) is 5.21 Å². The molecule has 0 unspecified atom stereocenters. The molecule has 3 heteroatoms. The van der Waals surface area contributed by atoms with Gasteiger partial charge in [-0.1, -0.05) is 25.4 Å². The summed E-state index contributed by atoms with van der Waals surface area (Å²) in [5.41, 5.74) is -0.495. The van der Waals surface area contributed by atoms with E-state index < -0.39 is 5.60 Å². The quantitative estimate of drug-likeness (QED) is 0.373. The highest BCUT2D eigenvalue weighted by atomic mass is 16.4. The van der Waals surface area contributed by atoms with Crippen molar-refractivity contribution in [3.63, 3.8) is 0 Å². The van der Waals surface area contributed by atoms with Crippen molar-refractivity contribution in [2.24, 2.45) is 5.16 Å². The zero-order valence-electron chi connectivity index (χ0n) is 7.46. The monoisotopic (exact) mass is 159 g/mol. The van der Waals surface area contributed by atoms with Crippen LogP contribution in [0.2, 0.25) is 0 Å². The molecule has 0 fully saturated rings. The maximum atomic E-state index is 9.80. The molecule has 0 saturated carbocycles. The summed E-state index contributed by atoms with van der Waals surface area (Å²) in [7, 11) is 0. The first kappa shape index (κ1) is 10.4. The third-order valence-corrected chi connectivity index (χ3v) is 2.07. The lowest BCUT2D eigenvalue weighted by atomic mass is 9.90. The number of hydrogen-bond acceptors (Lipinski definition) is 3. The molecule has 2 N–H and O–H groups in total. The smallest absolute Gasteiger partial charge is 0.105 e. The number of aliphatic hydroxyl groups is 1. The number of hydrogen-bond donors (Lipinski definition) is 2. The van der Waals surface area contributed by atoms with Crippen LogP contribution in [0.1, 0.15) is 40.0 Å². The molecule has 0 aliphatic carbocycles. The molecule has 0 heterocycles. The van der Waals surface area contributed by atoms with Crippen LogP contribution < -0.4 is 0 Å². The average molecular weight is 159 g/mol. The number of oxime groups is 1. The first-order valence-electron chi connectivity index (χ1n) is 4.02. The van der Waals surface area contributed by atoms with Crippen molar-refractivity contribution >= 4 is 5.71 Å². The standard InChI is InChI=1S/C8H17NO2/c1-4-6-8(10,5-2)7(3)9-11/h10-11H,4-6H2,1-3H3/b9-7+/t8-/m1/s1. The molecule has 0 bridgehead atoms. The van der Waals surface area contributed by atoms with Crippen molar-refractivity contribution in [3.8, 4) is 0 Å². The Morgan fingerprint density at radius 3 is 2.27 bits per heavy atom. The van der Waals surface area contributed by atoms with Crippen LogP contribution in [0.15, 0.2) is 5.16 Å². The van der Waals surface area contributed by atoms with Gasteiger partial charge in [-0.25, -0.2) is 0 Å². The lowest BCUT2D eigenvalue weighted by molar-refractivity contribution is 0.0923. The SMILES string of the molecule is CCC[C@](O)(CC)/C(C)=N/O. The molecule has 0 spiro atoms. The Morgan fingerprint density at radius 2 is 2.00 bits per heavy atom. The van der Waals surface area contributed by atoms with Gasteiger partial charge in [-0.05, 0) is 19.8 Å². The normalized spacial score (nSPS) is 18.0. The van der Waals surface area contributed by atoms with Crippen LogP contribution in [-0.2, 0) is 0 Å². The third kappa shape index (κ3) is 2.50. The zero-order valence-corrected chi connectivity index (χ0v) is 7.46. The van der Waals surface area contributed by atoms with Gasteiger partial charge in [0.25, 0.3) is 0 Å². The van der Waals surface area contributed by atoms with Gasteiger partial charge in [0.05, 0.1) is 5.71 Å². The van der Waals surface area contributed by atoms with E-state index in [9.17, 15) is 5.11 Å². The Balaban J connectivity index is 4.32. The van der Waals surface area contributed by atoms with Crippen LogP contribution in [0, 0.1) is 0 Å². The first-order chi connectivity index (χ1) is 5.10. The van der Waals surface area contributed by atoms with Gasteiger partial charge in [0.15, 0.2) is 0 Å². The largest absolute Gasteiger partial charge is 0.411 e. The lowest BCUT2D eigenvalue weighted by Gasteiger charge is -2.24. The van der Waals surface area contributed by atoms with Gasteiger partial charge in [-0.2, -0.15) is 0 Å². The van der Waals surface area contributed by atoms with Gasteiger partial charge in [-0.15, -0.1) is 0 Å². The lowest BCUT2D eigenvalue weighted by Crippen LogP contribution is -2.35. The van der Waals surface area contributed by atoms with E-state index in [1.807, 2.05) is 13.8 Å². The van der Waals surface area contributed by atoms with E-state index >= 15 is 0 Å². The fraction of sp³-hybridized carbons (Fsp3) is 0.875. The Labute approximate surface area is 67.7 Å². The van der Waals surface area contributed by atoms with E-state index in [1.54, 1.807) is 6.92 Å². The molecule has 0 aliphatic heterocycles. The maximum absolute atomic E-state index is 9.80. The third-order valence-electron chi connectivity index (χ3n) is 2.07. The van der Waals surface area contributed by atoms with Crippen molar-refractivity contribution in [2.75, 3.05) is 0 Å². The minimum Gasteiger partial charge on any atom is -0.411 e. The highest BCUT2D eigenvalue weighted by Gasteiger charge is 2.27. The fourth-order valence-electron chi connectivity index (χ4n) is 1.12. The molecular formula is C8H17NO2. The van der Waals surface area contributed by atoms with Gasteiger partial charge < -0.3 is 10.3 Å². The molecule has 0 aromatic carbocycles. The predicted molar refractivity (Wildman–Crippen MR) is 45.0 cm³/mol. The average Bonchev–Trinajstić information content (AvgIpc) is 2.03. The van der Waals surface area contributed by atoms with Crippen LogP contribution in [0.5, 0.6) is 0 Å². The summed E-state index contributed by atoms with van der Waals surface area (Å²) in [6.07, 6.45) is 2.13. The van der Waals surface area contributed by atoms with Crippen LogP contribution in [0.4, 0.5) is 0 Å². The van der Waals surface area contributed by atoms with Crippen LogP contribution >= 0.6 is 0 Å². The van der Waals surface area contributed by atoms with Crippen molar-refractivity contribution in [3.05, 3.63) is 0 Å². The van der Waals surface area contributed by atoms with Gasteiger partial charge >= 0.3 is 0 Å². The van der Waals surface area contributed by atoms with Gasteiger partial charge in [0.1, 0.15) is 5.60 Å². The molecule has 0 radical (unpaired) electrons. The second-order valence-electron chi connectivity index (χ2n) is 2.82. The van der Waals surface area contributed by atoms with Crippen molar-refractivity contribution in [1.82, 2.24) is 0 Å². The van der Waals surface area contributed by atoms with Crippen LogP contribution in [-0.4, -0.2) is 21.6 Å². The molecule has 1 atom stereocenters. The van der Waals surface area contributed by atoms with Gasteiger partial charge in [-0.3, -0.25) is 0 Å². The number of rotatable bonds is 4. The highest BCUT2D eigenvalue weighted by molar-refractivity contribution is 5.89. The van der Waals surface area contributed by atoms with Crippen molar-refractivity contribution in [2.45, 2.75) is 45.6 Å². The van der Waals surface area contributed by atoms with Crippen molar-refractivity contribution < 1.29 is 10.3 Å². The summed E-state index contributed by atoms with van der Waals surface area (Å²) < 4.78 is 0. The van der Waals surface area contributed by atoms with Crippen LogP contribution in [0.3, 0.4) is 0 Å². The molecule has 11 heavy (non-hydrogen) atoms. The fourth-order valence-corrected chi connectivity index (χ4v) is 1.12. The Hall–Kier alpha value is -0.570. The van der Waals surface area contributed by atoms with Crippen molar-refractivity contribution in [1.29, 1.82) is 0 Å². The second-order valence-corrected chi connectivity index (χ2v) is 2.82. The predicted octanol–water partition coefficient (Wildman–Crippen LogP) is 1.78. The molecule has 66 valence electrons. The summed E-state index contributed by atoms with van der Waals surface area (Å²) in [4.78, 5) is 0. The van der Waals surface area contributed by atoms with Crippen LogP contribution in [0.25, 0.3) is 0 Å².